The number of piperidine rings is 2. The molecule has 0 aliphatic carbocycles. The molecule has 2 atom stereocenters. The van der Waals surface area contributed by atoms with Gasteiger partial charge in [-0.25, -0.2) is 4.39 Å². The average molecular weight is 682 g/mol. The fourth-order valence-corrected chi connectivity index (χ4v) is 6.54. The van der Waals surface area contributed by atoms with E-state index in [0.29, 0.717) is 63.1 Å². The molecule has 2 aliphatic rings. The van der Waals surface area contributed by atoms with Gasteiger partial charge in [0.05, 0.1) is 11.1 Å². The van der Waals surface area contributed by atoms with Crippen LogP contribution in [0.25, 0.3) is 0 Å². The van der Waals surface area contributed by atoms with E-state index in [2.05, 4.69) is 4.90 Å². The third-order valence-corrected chi connectivity index (χ3v) is 8.83. The van der Waals surface area contributed by atoms with Crippen LogP contribution in [0.4, 0.5) is 30.7 Å². The van der Waals surface area contributed by atoms with E-state index in [1.165, 1.54) is 33.0 Å². The van der Waals surface area contributed by atoms with Crippen LogP contribution in [-0.2, 0) is 28.5 Å². The molecule has 6 nitrogen and oxygen atoms in total. The summed E-state index contributed by atoms with van der Waals surface area (Å²) in [6.45, 7) is 5.98. The van der Waals surface area contributed by atoms with Crippen molar-refractivity contribution in [3.63, 3.8) is 0 Å². The summed E-state index contributed by atoms with van der Waals surface area (Å²) in [6, 6.07) is 5.66. The Morgan fingerprint density at radius 2 is 1.48 bits per heavy atom. The number of halogens is 8. The first-order valence-corrected chi connectivity index (χ1v) is 14.8. The highest BCUT2D eigenvalue weighted by molar-refractivity contribution is 5.85. The van der Waals surface area contributed by atoms with Gasteiger partial charge >= 0.3 is 12.4 Å². The standard InChI is InChI=1S/C32H38F7N3O3.ClH/c1-19-13-23(33)5-6-25(19)27-18-42(24-7-10-41(11-8-24)29(44)30(2,3)45)12-9-26(27)28(43)40(4)17-20-14-21(31(34,35)36)16-22(15-20)32(37,38)39;/h5-6,13-16,24,26-27,45H,7-12,17-18H2,1-4H3;1H/t26-,27+;/m1./s1. The molecular formula is C32H39ClF7N3O3. The highest BCUT2D eigenvalue weighted by atomic mass is 35.5. The van der Waals surface area contributed by atoms with Crippen LogP contribution in [0.2, 0.25) is 0 Å². The number of hydrogen-bond donors (Lipinski definition) is 1. The van der Waals surface area contributed by atoms with Gasteiger partial charge in [-0.15, -0.1) is 12.4 Å². The van der Waals surface area contributed by atoms with Crippen molar-refractivity contribution in [2.45, 2.75) is 76.5 Å². The number of aliphatic hydroxyl groups is 1. The minimum absolute atomic E-state index is 0. The number of nitrogens with zero attached hydrogens (tertiary/aromatic N) is 3. The first-order chi connectivity index (χ1) is 20.8. The maximum absolute atomic E-state index is 14.0. The van der Waals surface area contributed by atoms with E-state index in [0.717, 1.165) is 10.5 Å². The van der Waals surface area contributed by atoms with Crippen LogP contribution >= 0.6 is 12.4 Å². The monoisotopic (exact) mass is 681 g/mol. The van der Waals surface area contributed by atoms with Crippen LogP contribution < -0.4 is 0 Å². The predicted molar refractivity (Wildman–Crippen MR) is 160 cm³/mol. The van der Waals surface area contributed by atoms with Gasteiger partial charge in [0.25, 0.3) is 5.91 Å². The number of amides is 2. The summed E-state index contributed by atoms with van der Waals surface area (Å²) < 4.78 is 94.6. The van der Waals surface area contributed by atoms with E-state index in [1.54, 1.807) is 17.9 Å². The van der Waals surface area contributed by atoms with Gasteiger partial charge in [-0.05, 0) is 93.6 Å². The SMILES string of the molecule is Cc1cc(F)ccc1[C@@H]1CN(C2CCN(C(=O)C(C)(C)O)CC2)CC[C@H]1C(=O)N(C)Cc1cc(C(F)(F)F)cc(C(F)(F)F)c1.Cl. The number of aryl methyl sites for hydroxylation is 1. The Hall–Kier alpha value is -2.90. The van der Waals surface area contributed by atoms with E-state index < -0.39 is 59.2 Å². The molecule has 0 radical (unpaired) electrons. The molecule has 256 valence electrons. The molecule has 1 N–H and O–H groups in total. The number of carbonyl (C=O) groups excluding carboxylic acids is 2. The largest absolute Gasteiger partial charge is 0.416 e. The average Bonchev–Trinajstić information content (AvgIpc) is 2.94. The first kappa shape index (κ1) is 37.6. The van der Waals surface area contributed by atoms with Crippen LogP contribution in [-0.4, -0.2) is 76.5 Å². The van der Waals surface area contributed by atoms with Gasteiger partial charge in [-0.3, -0.25) is 14.5 Å². The summed E-state index contributed by atoms with van der Waals surface area (Å²) in [6.07, 6.45) is -8.36. The molecule has 0 spiro atoms. The first-order valence-electron chi connectivity index (χ1n) is 14.8. The summed E-state index contributed by atoms with van der Waals surface area (Å²) >= 11 is 0. The van der Waals surface area contributed by atoms with Crippen LogP contribution in [0.5, 0.6) is 0 Å². The lowest BCUT2D eigenvalue weighted by atomic mass is 9.77. The Balaban J connectivity index is 0.00000576. The molecule has 0 bridgehead atoms. The molecule has 0 aromatic heterocycles. The second-order valence-electron chi connectivity index (χ2n) is 12.7. The van der Waals surface area contributed by atoms with Crippen molar-refractivity contribution < 1.29 is 45.4 Å². The maximum atomic E-state index is 14.0. The molecule has 0 saturated carbocycles. The molecule has 2 saturated heterocycles. The van der Waals surface area contributed by atoms with Gasteiger partial charge in [0.2, 0.25) is 5.91 Å². The van der Waals surface area contributed by atoms with Crippen molar-refractivity contribution in [3.05, 3.63) is 70.0 Å². The summed E-state index contributed by atoms with van der Waals surface area (Å²) in [5.74, 6) is -2.30. The molecule has 2 aliphatic heterocycles. The molecule has 46 heavy (non-hydrogen) atoms. The van der Waals surface area contributed by atoms with Gasteiger partial charge < -0.3 is 14.9 Å². The number of hydrogen-bond acceptors (Lipinski definition) is 4. The molecular weight excluding hydrogens is 643 g/mol. The van der Waals surface area contributed by atoms with Gasteiger partial charge in [-0.1, -0.05) is 6.07 Å². The third kappa shape index (κ3) is 8.71. The molecule has 2 fully saturated rings. The van der Waals surface area contributed by atoms with Crippen LogP contribution in [0.15, 0.2) is 36.4 Å². The van der Waals surface area contributed by atoms with Crippen molar-refractivity contribution >= 4 is 24.2 Å². The summed E-state index contributed by atoms with van der Waals surface area (Å²) in [5.41, 5.74) is -3.31. The fraction of sp³-hybridized carbons (Fsp3) is 0.562. The normalized spacial score (nSPS) is 20.3. The van der Waals surface area contributed by atoms with Crippen LogP contribution in [0.1, 0.15) is 66.8 Å². The summed E-state index contributed by atoms with van der Waals surface area (Å²) in [7, 11) is 1.35. The minimum atomic E-state index is -5.01. The Bertz CT molecular complexity index is 1370. The molecule has 4 rings (SSSR count). The lowest BCUT2D eigenvalue weighted by Gasteiger charge is -2.46. The Morgan fingerprint density at radius 1 is 0.913 bits per heavy atom. The number of rotatable bonds is 6. The minimum Gasteiger partial charge on any atom is -0.381 e. The van der Waals surface area contributed by atoms with E-state index >= 15 is 0 Å². The molecule has 14 heteroatoms. The molecule has 2 aromatic carbocycles. The van der Waals surface area contributed by atoms with Gasteiger partial charge in [0.15, 0.2) is 0 Å². The number of benzene rings is 2. The zero-order valence-electron chi connectivity index (χ0n) is 26.0. The second kappa shape index (κ2) is 14.1. The highest BCUT2D eigenvalue weighted by Crippen LogP contribution is 2.39. The van der Waals surface area contributed by atoms with Crippen LogP contribution in [0, 0.1) is 18.7 Å². The third-order valence-electron chi connectivity index (χ3n) is 8.83. The van der Waals surface area contributed by atoms with Gasteiger partial charge in [0.1, 0.15) is 11.4 Å². The molecule has 0 unspecified atom stereocenters. The Labute approximate surface area is 269 Å². The van der Waals surface area contributed by atoms with E-state index in [-0.39, 0.29) is 36.0 Å². The van der Waals surface area contributed by atoms with Crippen molar-refractivity contribution in [2.75, 3.05) is 33.2 Å². The van der Waals surface area contributed by atoms with Crippen molar-refractivity contribution in [3.8, 4) is 0 Å². The Kier molecular flexibility index (Phi) is 11.5. The number of alkyl halides is 6. The van der Waals surface area contributed by atoms with Crippen molar-refractivity contribution in [1.82, 2.24) is 14.7 Å². The van der Waals surface area contributed by atoms with Crippen molar-refractivity contribution in [1.29, 1.82) is 0 Å². The topological polar surface area (TPSA) is 64.1 Å². The predicted octanol–water partition coefficient (Wildman–Crippen LogP) is 6.42. The summed E-state index contributed by atoms with van der Waals surface area (Å²) in [5, 5.41) is 10.1. The lowest BCUT2D eigenvalue weighted by molar-refractivity contribution is -0.150. The zero-order valence-corrected chi connectivity index (χ0v) is 26.8. The quantitative estimate of drug-likeness (QED) is 0.358. The van der Waals surface area contributed by atoms with Gasteiger partial charge in [0, 0.05) is 51.1 Å². The molecule has 2 amide bonds. The lowest BCUT2D eigenvalue weighted by Crippen LogP contribution is -2.54. The maximum Gasteiger partial charge on any atom is 0.416 e. The molecule has 2 aromatic rings. The number of likely N-dealkylation sites (tertiary alicyclic amines) is 2. The fourth-order valence-electron chi connectivity index (χ4n) is 6.54. The van der Waals surface area contributed by atoms with E-state index in [1.807, 2.05) is 0 Å². The van der Waals surface area contributed by atoms with E-state index in [9.17, 15) is 45.4 Å². The molecule has 2 heterocycles. The second-order valence-corrected chi connectivity index (χ2v) is 12.7. The Morgan fingerprint density at radius 3 is 1.98 bits per heavy atom. The van der Waals surface area contributed by atoms with Gasteiger partial charge in [-0.2, -0.15) is 26.3 Å². The number of carbonyl (C=O) groups is 2. The summed E-state index contributed by atoms with van der Waals surface area (Å²) in [4.78, 5) is 31.4. The van der Waals surface area contributed by atoms with Crippen LogP contribution in [0.3, 0.4) is 0 Å². The highest BCUT2D eigenvalue weighted by Gasteiger charge is 2.41. The van der Waals surface area contributed by atoms with Crippen molar-refractivity contribution in [2.24, 2.45) is 5.92 Å². The van der Waals surface area contributed by atoms with E-state index in [4.69, 9.17) is 0 Å². The zero-order chi connectivity index (χ0) is 33.5. The smallest absolute Gasteiger partial charge is 0.381 e.